The van der Waals surface area contributed by atoms with E-state index in [0.29, 0.717) is 13.0 Å². The Morgan fingerprint density at radius 3 is 2.22 bits per heavy atom. The van der Waals surface area contributed by atoms with E-state index in [-0.39, 0.29) is 4.90 Å². The largest absolute Gasteiger partial charge is 0.244 e. The minimum absolute atomic E-state index is 0.219. The quantitative estimate of drug-likeness (QED) is 0.872. The highest BCUT2D eigenvalue weighted by Crippen LogP contribution is 2.29. The van der Waals surface area contributed by atoms with Gasteiger partial charge in [0.25, 0.3) is 0 Å². The first-order valence-electron chi connectivity index (χ1n) is 7.35. The number of nitrogens with zero attached hydrogens (tertiary/aromatic N) is 2. The van der Waals surface area contributed by atoms with Gasteiger partial charge in [0.1, 0.15) is 6.04 Å². The fraction of sp³-hybridized carbons (Fsp3) is 0.167. The summed E-state index contributed by atoms with van der Waals surface area (Å²) in [4.78, 5) is 0.219. The number of benzene rings is 2. The predicted molar refractivity (Wildman–Crippen MR) is 88.8 cm³/mol. The molecule has 0 saturated heterocycles. The third-order valence-electron chi connectivity index (χ3n) is 3.90. The lowest BCUT2D eigenvalue weighted by molar-refractivity contribution is 0.400. The summed E-state index contributed by atoms with van der Waals surface area (Å²) >= 11 is 0. The van der Waals surface area contributed by atoms with Crippen LogP contribution in [0, 0.1) is 11.3 Å². The van der Waals surface area contributed by atoms with Gasteiger partial charge in [-0.15, -0.1) is 0 Å². The molecular formula is C18H16N2O2S. The molecule has 1 unspecified atom stereocenters. The number of rotatable bonds is 3. The van der Waals surface area contributed by atoms with Crippen molar-refractivity contribution in [3.8, 4) is 6.07 Å². The normalized spacial score (nSPS) is 18.9. The van der Waals surface area contributed by atoms with Gasteiger partial charge in [-0.1, -0.05) is 48.5 Å². The first-order chi connectivity index (χ1) is 11.1. The molecule has 0 spiro atoms. The molecule has 0 bridgehead atoms. The van der Waals surface area contributed by atoms with Gasteiger partial charge in [0.05, 0.1) is 11.0 Å². The first-order valence-corrected chi connectivity index (χ1v) is 8.79. The zero-order valence-corrected chi connectivity index (χ0v) is 13.3. The summed E-state index contributed by atoms with van der Waals surface area (Å²) in [5, 5.41) is 9.44. The third kappa shape index (κ3) is 3.04. The van der Waals surface area contributed by atoms with Gasteiger partial charge in [0, 0.05) is 6.54 Å². The topological polar surface area (TPSA) is 61.2 Å². The Bertz CT molecular complexity index is 853. The van der Waals surface area contributed by atoms with Gasteiger partial charge >= 0.3 is 0 Å². The molecule has 23 heavy (non-hydrogen) atoms. The van der Waals surface area contributed by atoms with Crippen molar-refractivity contribution in [2.75, 3.05) is 6.54 Å². The monoisotopic (exact) mass is 324 g/mol. The average Bonchev–Trinajstić information content (AvgIpc) is 2.62. The molecule has 4 nitrogen and oxygen atoms in total. The summed E-state index contributed by atoms with van der Waals surface area (Å²) in [6, 6.07) is 19.3. The van der Waals surface area contributed by atoms with E-state index in [2.05, 4.69) is 6.07 Å². The molecule has 1 heterocycles. The number of hydrogen-bond donors (Lipinski definition) is 0. The van der Waals surface area contributed by atoms with Crippen LogP contribution < -0.4 is 0 Å². The fourth-order valence-corrected chi connectivity index (χ4v) is 4.23. The number of nitriles is 1. The maximum Gasteiger partial charge on any atom is 0.244 e. The van der Waals surface area contributed by atoms with E-state index >= 15 is 0 Å². The van der Waals surface area contributed by atoms with Crippen molar-refractivity contribution in [3.05, 3.63) is 72.3 Å². The molecule has 0 aliphatic carbocycles. The summed E-state index contributed by atoms with van der Waals surface area (Å²) in [7, 11) is -3.66. The number of hydrogen-bond acceptors (Lipinski definition) is 3. The van der Waals surface area contributed by atoms with Crippen LogP contribution in [-0.4, -0.2) is 25.3 Å². The molecule has 5 heteroatoms. The summed E-state index contributed by atoms with van der Waals surface area (Å²) in [5.41, 5.74) is 2.04. The van der Waals surface area contributed by atoms with Crippen molar-refractivity contribution in [1.29, 1.82) is 5.26 Å². The van der Waals surface area contributed by atoms with Gasteiger partial charge in [0.2, 0.25) is 10.0 Å². The lowest BCUT2D eigenvalue weighted by atomic mass is 9.98. The van der Waals surface area contributed by atoms with Gasteiger partial charge in [-0.25, -0.2) is 8.42 Å². The zero-order valence-electron chi connectivity index (χ0n) is 12.5. The van der Waals surface area contributed by atoms with Crippen molar-refractivity contribution < 1.29 is 8.42 Å². The van der Waals surface area contributed by atoms with Crippen LogP contribution in [0.25, 0.3) is 5.57 Å². The van der Waals surface area contributed by atoms with E-state index in [1.54, 1.807) is 36.4 Å². The second kappa shape index (κ2) is 6.37. The minimum Gasteiger partial charge on any atom is -0.207 e. The molecule has 1 atom stereocenters. The molecule has 0 saturated carbocycles. The molecule has 0 fully saturated rings. The van der Waals surface area contributed by atoms with E-state index in [9.17, 15) is 13.7 Å². The summed E-state index contributed by atoms with van der Waals surface area (Å²) in [6.07, 6.45) is 2.34. The van der Waals surface area contributed by atoms with E-state index in [4.69, 9.17) is 0 Å². The van der Waals surface area contributed by atoms with Crippen molar-refractivity contribution in [2.45, 2.75) is 17.4 Å². The lowest BCUT2D eigenvalue weighted by Crippen LogP contribution is -2.41. The SMILES string of the molecule is N#CC1C=C(c2ccccc2)CCN1S(=O)(=O)c1ccccc1. The van der Waals surface area contributed by atoms with Gasteiger partial charge in [-0.05, 0) is 35.8 Å². The maximum absolute atomic E-state index is 12.7. The van der Waals surface area contributed by atoms with E-state index in [1.807, 2.05) is 30.3 Å². The van der Waals surface area contributed by atoms with Crippen molar-refractivity contribution >= 4 is 15.6 Å². The minimum atomic E-state index is -3.66. The molecule has 2 aromatic rings. The second-order valence-corrected chi connectivity index (χ2v) is 7.20. The lowest BCUT2D eigenvalue weighted by Gasteiger charge is -2.29. The molecule has 0 N–H and O–H groups in total. The molecule has 3 rings (SSSR count). The van der Waals surface area contributed by atoms with Crippen LogP contribution >= 0.6 is 0 Å². The summed E-state index contributed by atoms with van der Waals surface area (Å²) in [5.74, 6) is 0. The third-order valence-corrected chi connectivity index (χ3v) is 5.79. The zero-order chi connectivity index (χ0) is 16.3. The van der Waals surface area contributed by atoms with E-state index < -0.39 is 16.1 Å². The Labute approximate surface area is 136 Å². The Balaban J connectivity index is 1.95. The smallest absolute Gasteiger partial charge is 0.207 e. The molecule has 116 valence electrons. The van der Waals surface area contributed by atoms with Crippen molar-refractivity contribution in [1.82, 2.24) is 4.31 Å². The Hall–Kier alpha value is -2.42. The Morgan fingerprint density at radius 2 is 1.61 bits per heavy atom. The molecular weight excluding hydrogens is 308 g/mol. The van der Waals surface area contributed by atoms with Gasteiger partial charge < -0.3 is 0 Å². The van der Waals surface area contributed by atoms with Crippen LogP contribution in [-0.2, 0) is 10.0 Å². The summed E-state index contributed by atoms with van der Waals surface area (Å²) < 4.78 is 26.8. The van der Waals surface area contributed by atoms with Gasteiger partial charge in [-0.2, -0.15) is 9.57 Å². The summed E-state index contributed by atoms with van der Waals surface area (Å²) in [6.45, 7) is 0.302. The molecule has 1 aliphatic rings. The van der Waals surface area contributed by atoms with Crippen molar-refractivity contribution in [3.63, 3.8) is 0 Å². The first kappa shape index (κ1) is 15.5. The van der Waals surface area contributed by atoms with Gasteiger partial charge in [-0.3, -0.25) is 0 Å². The highest BCUT2D eigenvalue weighted by atomic mass is 32.2. The highest BCUT2D eigenvalue weighted by molar-refractivity contribution is 7.89. The molecule has 1 aliphatic heterocycles. The second-order valence-electron chi connectivity index (χ2n) is 5.31. The number of sulfonamides is 1. The van der Waals surface area contributed by atoms with Crippen molar-refractivity contribution in [2.24, 2.45) is 0 Å². The predicted octanol–water partition coefficient (Wildman–Crippen LogP) is 3.06. The van der Waals surface area contributed by atoms with Crippen LogP contribution in [0.1, 0.15) is 12.0 Å². The van der Waals surface area contributed by atoms with Crippen LogP contribution in [0.5, 0.6) is 0 Å². The van der Waals surface area contributed by atoms with Gasteiger partial charge in [0.15, 0.2) is 0 Å². The molecule has 0 radical (unpaired) electrons. The van der Waals surface area contributed by atoms with E-state index in [0.717, 1.165) is 11.1 Å². The highest BCUT2D eigenvalue weighted by Gasteiger charge is 2.33. The average molecular weight is 324 g/mol. The Morgan fingerprint density at radius 1 is 1.00 bits per heavy atom. The fourth-order valence-electron chi connectivity index (χ4n) is 2.72. The van der Waals surface area contributed by atoms with E-state index in [1.165, 1.54) is 4.31 Å². The molecule has 2 aromatic carbocycles. The van der Waals surface area contributed by atoms with Crippen LogP contribution in [0.3, 0.4) is 0 Å². The molecule has 0 amide bonds. The van der Waals surface area contributed by atoms with Crippen LogP contribution in [0.4, 0.5) is 0 Å². The van der Waals surface area contributed by atoms with Crippen LogP contribution in [0.15, 0.2) is 71.6 Å². The van der Waals surface area contributed by atoms with Crippen LogP contribution in [0.2, 0.25) is 0 Å². The maximum atomic E-state index is 12.7. The standard InChI is InChI=1S/C18H16N2O2S/c19-14-17-13-16(15-7-3-1-4-8-15)11-12-20(17)23(21,22)18-9-5-2-6-10-18/h1-10,13,17H,11-12H2. The Kier molecular flexibility index (Phi) is 4.28. The molecule has 0 aromatic heterocycles.